The molecule has 1 atom stereocenters. The molecule has 1 amide bonds. The van der Waals surface area contributed by atoms with Gasteiger partial charge in [0.05, 0.1) is 12.1 Å². The lowest BCUT2D eigenvalue weighted by atomic mass is 10.1. The average Bonchev–Trinajstić information content (AvgIpc) is 3.05. The highest BCUT2D eigenvalue weighted by molar-refractivity contribution is 6.00. The Morgan fingerprint density at radius 1 is 1.42 bits per heavy atom. The summed E-state index contributed by atoms with van der Waals surface area (Å²) in [5.74, 6) is -1.54. The summed E-state index contributed by atoms with van der Waals surface area (Å²) in [7, 11) is 0. The van der Waals surface area contributed by atoms with Gasteiger partial charge in [-0.2, -0.15) is 5.10 Å². The van der Waals surface area contributed by atoms with Gasteiger partial charge in [-0.1, -0.05) is 0 Å². The van der Waals surface area contributed by atoms with E-state index in [0.29, 0.717) is 24.2 Å². The van der Waals surface area contributed by atoms with Crippen molar-refractivity contribution in [3.8, 4) is 0 Å². The Morgan fingerprint density at radius 3 is 3.00 bits per heavy atom. The first-order valence-corrected chi connectivity index (χ1v) is 5.97. The minimum Gasteiger partial charge on any atom is -0.481 e. The maximum atomic E-state index is 12.3. The van der Waals surface area contributed by atoms with E-state index in [4.69, 9.17) is 5.11 Å². The maximum Gasteiger partial charge on any atom is 0.308 e. The molecule has 7 heteroatoms. The minimum atomic E-state index is -0.853. The summed E-state index contributed by atoms with van der Waals surface area (Å²) in [6.45, 7) is 0.707. The molecule has 0 aliphatic carbocycles. The van der Waals surface area contributed by atoms with Crippen molar-refractivity contribution in [1.82, 2.24) is 19.5 Å². The van der Waals surface area contributed by atoms with E-state index in [9.17, 15) is 9.59 Å². The van der Waals surface area contributed by atoms with Crippen LogP contribution in [0.5, 0.6) is 0 Å². The molecule has 0 spiro atoms. The van der Waals surface area contributed by atoms with Gasteiger partial charge in [0.15, 0.2) is 5.65 Å². The SMILES string of the molecule is O=C(O)C1CCN(C(=O)c2cnn3cccnc23)C1. The maximum absolute atomic E-state index is 12.3. The predicted octanol–water partition coefficient (Wildman–Crippen LogP) is 0.276. The molecule has 1 unspecified atom stereocenters. The molecule has 0 bridgehead atoms. The zero-order valence-electron chi connectivity index (χ0n) is 10.1. The quantitative estimate of drug-likeness (QED) is 0.837. The molecule has 98 valence electrons. The molecule has 1 N–H and O–H groups in total. The number of nitrogens with zero attached hydrogens (tertiary/aromatic N) is 4. The van der Waals surface area contributed by atoms with Crippen LogP contribution < -0.4 is 0 Å². The summed E-state index contributed by atoms with van der Waals surface area (Å²) in [5, 5.41) is 13.0. The summed E-state index contributed by atoms with van der Waals surface area (Å²) in [5.41, 5.74) is 0.901. The van der Waals surface area contributed by atoms with E-state index in [2.05, 4.69) is 10.1 Å². The third-order valence-electron chi connectivity index (χ3n) is 3.33. The Morgan fingerprint density at radius 2 is 2.26 bits per heavy atom. The molecule has 3 rings (SSSR count). The molecule has 2 aromatic rings. The third-order valence-corrected chi connectivity index (χ3v) is 3.33. The molecular weight excluding hydrogens is 248 g/mol. The molecule has 0 saturated carbocycles. The molecule has 3 heterocycles. The van der Waals surface area contributed by atoms with Crippen LogP contribution >= 0.6 is 0 Å². The Bertz CT molecular complexity index is 651. The lowest BCUT2D eigenvalue weighted by Gasteiger charge is -2.14. The van der Waals surface area contributed by atoms with Gasteiger partial charge in [0.2, 0.25) is 0 Å². The largest absolute Gasteiger partial charge is 0.481 e. The number of carbonyl (C=O) groups is 2. The van der Waals surface area contributed by atoms with Crippen LogP contribution in [0, 0.1) is 5.92 Å². The second kappa shape index (κ2) is 4.34. The fraction of sp³-hybridized carbons (Fsp3) is 0.333. The van der Waals surface area contributed by atoms with Gasteiger partial charge in [0.25, 0.3) is 5.91 Å². The molecule has 0 radical (unpaired) electrons. The third kappa shape index (κ3) is 1.92. The number of aliphatic carboxylic acids is 1. The topological polar surface area (TPSA) is 87.8 Å². The molecular formula is C12H12N4O3. The number of rotatable bonds is 2. The zero-order chi connectivity index (χ0) is 13.4. The Labute approximate surface area is 108 Å². The van der Waals surface area contributed by atoms with Crippen molar-refractivity contribution in [2.24, 2.45) is 5.92 Å². The number of carboxylic acids is 1. The van der Waals surface area contributed by atoms with E-state index >= 15 is 0 Å². The Balaban J connectivity index is 1.87. The van der Waals surface area contributed by atoms with Crippen molar-refractivity contribution >= 4 is 17.5 Å². The van der Waals surface area contributed by atoms with Gasteiger partial charge in [0, 0.05) is 25.5 Å². The average molecular weight is 260 g/mol. The van der Waals surface area contributed by atoms with Crippen molar-refractivity contribution < 1.29 is 14.7 Å². The number of hydrogen-bond donors (Lipinski definition) is 1. The lowest BCUT2D eigenvalue weighted by molar-refractivity contribution is -0.141. The van der Waals surface area contributed by atoms with Gasteiger partial charge in [-0.25, -0.2) is 9.50 Å². The molecule has 1 aliphatic rings. The van der Waals surface area contributed by atoms with Crippen LogP contribution in [-0.4, -0.2) is 49.6 Å². The van der Waals surface area contributed by atoms with Crippen molar-refractivity contribution in [3.63, 3.8) is 0 Å². The van der Waals surface area contributed by atoms with Crippen LogP contribution in [0.15, 0.2) is 24.7 Å². The fourth-order valence-corrected chi connectivity index (χ4v) is 2.29. The molecule has 7 nitrogen and oxygen atoms in total. The molecule has 1 aliphatic heterocycles. The van der Waals surface area contributed by atoms with Gasteiger partial charge in [-0.05, 0) is 12.5 Å². The number of amides is 1. The first kappa shape index (κ1) is 11.6. The highest BCUT2D eigenvalue weighted by atomic mass is 16.4. The van der Waals surface area contributed by atoms with Gasteiger partial charge in [0.1, 0.15) is 5.56 Å². The van der Waals surface area contributed by atoms with E-state index < -0.39 is 11.9 Å². The normalized spacial score (nSPS) is 18.9. The van der Waals surface area contributed by atoms with Crippen LogP contribution in [0.3, 0.4) is 0 Å². The monoisotopic (exact) mass is 260 g/mol. The smallest absolute Gasteiger partial charge is 0.308 e. The highest BCUT2D eigenvalue weighted by Gasteiger charge is 2.32. The molecule has 19 heavy (non-hydrogen) atoms. The number of hydrogen-bond acceptors (Lipinski definition) is 4. The number of carboxylic acid groups (broad SMARTS) is 1. The number of fused-ring (bicyclic) bond motifs is 1. The highest BCUT2D eigenvalue weighted by Crippen LogP contribution is 2.20. The second-order valence-electron chi connectivity index (χ2n) is 4.52. The molecule has 1 saturated heterocycles. The molecule has 0 aromatic carbocycles. The van der Waals surface area contributed by atoms with Crippen molar-refractivity contribution in [3.05, 3.63) is 30.2 Å². The van der Waals surface area contributed by atoms with Crippen LogP contribution in [0.4, 0.5) is 0 Å². The predicted molar refractivity (Wildman–Crippen MR) is 64.6 cm³/mol. The first-order valence-electron chi connectivity index (χ1n) is 5.97. The molecule has 2 aromatic heterocycles. The number of likely N-dealkylation sites (tertiary alicyclic amines) is 1. The summed E-state index contributed by atoms with van der Waals surface area (Å²) >= 11 is 0. The van der Waals surface area contributed by atoms with Gasteiger partial charge < -0.3 is 10.0 Å². The van der Waals surface area contributed by atoms with E-state index in [-0.39, 0.29) is 12.5 Å². The summed E-state index contributed by atoms with van der Waals surface area (Å²) in [6, 6.07) is 1.73. The van der Waals surface area contributed by atoms with Gasteiger partial charge in [-0.15, -0.1) is 0 Å². The summed E-state index contributed by atoms with van der Waals surface area (Å²) in [6.07, 6.45) is 5.27. The van der Waals surface area contributed by atoms with E-state index in [0.717, 1.165) is 0 Å². The van der Waals surface area contributed by atoms with Crippen LogP contribution in [0.25, 0.3) is 5.65 Å². The van der Waals surface area contributed by atoms with Crippen molar-refractivity contribution in [2.75, 3.05) is 13.1 Å². The molecule has 1 fully saturated rings. The van der Waals surface area contributed by atoms with Crippen LogP contribution in [0.2, 0.25) is 0 Å². The van der Waals surface area contributed by atoms with Crippen molar-refractivity contribution in [2.45, 2.75) is 6.42 Å². The fourth-order valence-electron chi connectivity index (χ4n) is 2.29. The second-order valence-corrected chi connectivity index (χ2v) is 4.52. The van der Waals surface area contributed by atoms with E-state index in [1.165, 1.54) is 10.7 Å². The van der Waals surface area contributed by atoms with Gasteiger partial charge in [-0.3, -0.25) is 9.59 Å². The first-order chi connectivity index (χ1) is 9.16. The van der Waals surface area contributed by atoms with E-state index in [1.54, 1.807) is 23.4 Å². The van der Waals surface area contributed by atoms with Gasteiger partial charge >= 0.3 is 5.97 Å². The number of aromatic nitrogens is 3. The summed E-state index contributed by atoms with van der Waals surface area (Å²) < 4.78 is 1.53. The van der Waals surface area contributed by atoms with Crippen molar-refractivity contribution in [1.29, 1.82) is 0 Å². The Hall–Kier alpha value is -2.44. The minimum absolute atomic E-state index is 0.211. The standard InChI is InChI=1S/C12H12N4O3/c17-11(15-5-2-8(7-15)12(18)19)9-6-14-16-4-1-3-13-10(9)16/h1,3-4,6,8H,2,5,7H2,(H,18,19). The Kier molecular flexibility index (Phi) is 2.66. The van der Waals surface area contributed by atoms with E-state index in [1.807, 2.05) is 0 Å². The van der Waals surface area contributed by atoms with Crippen LogP contribution in [0.1, 0.15) is 16.8 Å². The zero-order valence-corrected chi connectivity index (χ0v) is 10.1. The number of carbonyl (C=O) groups excluding carboxylic acids is 1. The summed E-state index contributed by atoms with van der Waals surface area (Å²) in [4.78, 5) is 28.9. The lowest BCUT2D eigenvalue weighted by Crippen LogP contribution is -2.29. The van der Waals surface area contributed by atoms with Crippen LogP contribution in [-0.2, 0) is 4.79 Å².